The Morgan fingerprint density at radius 3 is 2.64 bits per heavy atom. The van der Waals surface area contributed by atoms with Gasteiger partial charge < -0.3 is 0 Å². The predicted molar refractivity (Wildman–Crippen MR) is 93.1 cm³/mol. The molecule has 1 saturated heterocycles. The van der Waals surface area contributed by atoms with Gasteiger partial charge in [0, 0.05) is 40.6 Å². The molecular formula is C17H24N4S. The number of piperidine rings is 1. The lowest BCUT2D eigenvalue weighted by molar-refractivity contribution is 0.109. The summed E-state index contributed by atoms with van der Waals surface area (Å²) in [5.41, 5.74) is 3.58. The fourth-order valence-electron chi connectivity index (χ4n) is 3.30. The first kappa shape index (κ1) is 15.3. The molecule has 0 bridgehead atoms. The average molecular weight is 316 g/mol. The molecule has 0 N–H and O–H groups in total. The number of hydrogen-bond donors (Lipinski definition) is 0. The Kier molecular flexibility index (Phi) is 4.34. The molecule has 0 unspecified atom stereocenters. The SMILES string of the molecule is Cc1cc(/C=N\N2[C@@H](C)CCC[C@@H]2C)c(C)n1-c1nccs1. The number of rotatable bonds is 3. The van der Waals surface area contributed by atoms with Gasteiger partial charge in [0.25, 0.3) is 0 Å². The van der Waals surface area contributed by atoms with Crippen LogP contribution in [0.4, 0.5) is 0 Å². The third-order valence-corrected chi connectivity index (χ3v) is 5.31. The minimum atomic E-state index is 0.530. The Hall–Kier alpha value is -1.62. The summed E-state index contributed by atoms with van der Waals surface area (Å²) in [6.45, 7) is 8.80. The molecule has 2 aromatic rings. The van der Waals surface area contributed by atoms with Crippen LogP contribution in [0.2, 0.25) is 0 Å². The standard InChI is InChI=1S/C17H24N4S/c1-12-6-5-7-13(2)21(12)19-11-16-10-14(3)20(15(16)4)17-18-8-9-22-17/h8-13H,5-7H2,1-4H3/b19-11-/t12-,13-/m0/s1. The summed E-state index contributed by atoms with van der Waals surface area (Å²) in [6.07, 6.45) is 7.65. The number of nitrogens with zero attached hydrogens (tertiary/aromatic N) is 4. The summed E-state index contributed by atoms with van der Waals surface area (Å²) in [6, 6.07) is 3.25. The number of aromatic nitrogens is 2. The molecule has 0 saturated carbocycles. The lowest BCUT2D eigenvalue weighted by Crippen LogP contribution is -2.39. The highest BCUT2D eigenvalue weighted by atomic mass is 32.1. The highest BCUT2D eigenvalue weighted by Crippen LogP contribution is 2.24. The minimum Gasteiger partial charge on any atom is -0.294 e. The highest BCUT2D eigenvalue weighted by Gasteiger charge is 2.23. The molecular weight excluding hydrogens is 292 g/mol. The van der Waals surface area contributed by atoms with Crippen LogP contribution in [-0.2, 0) is 0 Å². The molecule has 1 fully saturated rings. The van der Waals surface area contributed by atoms with Crippen molar-refractivity contribution < 1.29 is 0 Å². The molecule has 0 radical (unpaired) electrons. The molecule has 1 aliphatic heterocycles. The van der Waals surface area contributed by atoms with Crippen LogP contribution in [0.3, 0.4) is 0 Å². The Morgan fingerprint density at radius 1 is 1.27 bits per heavy atom. The van der Waals surface area contributed by atoms with Crippen molar-refractivity contribution in [2.24, 2.45) is 5.10 Å². The molecule has 4 nitrogen and oxygen atoms in total. The fraction of sp³-hybridized carbons (Fsp3) is 0.529. The first-order valence-corrected chi connectivity index (χ1v) is 8.87. The van der Waals surface area contributed by atoms with E-state index in [0.29, 0.717) is 12.1 Å². The van der Waals surface area contributed by atoms with Crippen molar-refractivity contribution in [2.45, 2.75) is 59.0 Å². The van der Waals surface area contributed by atoms with Crippen LogP contribution in [-0.4, -0.2) is 32.9 Å². The normalized spacial score (nSPS) is 22.6. The lowest BCUT2D eigenvalue weighted by atomic mass is 10.00. The first-order chi connectivity index (χ1) is 10.6. The maximum atomic E-state index is 4.79. The van der Waals surface area contributed by atoms with Crippen LogP contribution >= 0.6 is 11.3 Å². The number of aryl methyl sites for hydroxylation is 1. The van der Waals surface area contributed by atoms with E-state index in [1.807, 2.05) is 17.8 Å². The van der Waals surface area contributed by atoms with Gasteiger partial charge in [0.05, 0.1) is 6.21 Å². The Balaban J connectivity index is 1.87. The molecule has 2 atom stereocenters. The maximum Gasteiger partial charge on any atom is 0.193 e. The van der Waals surface area contributed by atoms with Crippen molar-refractivity contribution >= 4 is 17.6 Å². The molecule has 0 aromatic carbocycles. The first-order valence-electron chi connectivity index (χ1n) is 7.99. The van der Waals surface area contributed by atoms with Gasteiger partial charge in [-0.3, -0.25) is 9.58 Å². The second-order valence-electron chi connectivity index (χ2n) is 6.23. The summed E-state index contributed by atoms with van der Waals surface area (Å²) in [7, 11) is 0. The third-order valence-electron chi connectivity index (χ3n) is 4.56. The average Bonchev–Trinajstić information content (AvgIpc) is 3.07. The van der Waals surface area contributed by atoms with E-state index in [0.717, 1.165) is 5.13 Å². The molecule has 22 heavy (non-hydrogen) atoms. The third kappa shape index (κ3) is 2.82. The molecule has 1 aliphatic rings. The second-order valence-corrected chi connectivity index (χ2v) is 7.10. The van der Waals surface area contributed by atoms with Gasteiger partial charge in [0.15, 0.2) is 5.13 Å². The van der Waals surface area contributed by atoms with E-state index in [1.165, 1.54) is 36.2 Å². The topological polar surface area (TPSA) is 33.4 Å². The van der Waals surface area contributed by atoms with Crippen molar-refractivity contribution in [1.82, 2.24) is 14.6 Å². The fourth-order valence-corrected chi connectivity index (χ4v) is 4.05. The van der Waals surface area contributed by atoms with E-state index in [2.05, 4.69) is 48.3 Å². The second kappa shape index (κ2) is 6.24. The Labute approximate surface area is 136 Å². The largest absolute Gasteiger partial charge is 0.294 e. The van der Waals surface area contributed by atoms with Gasteiger partial charge in [-0.05, 0) is 53.0 Å². The van der Waals surface area contributed by atoms with Gasteiger partial charge in [0.1, 0.15) is 0 Å². The van der Waals surface area contributed by atoms with Gasteiger partial charge in [-0.15, -0.1) is 11.3 Å². The van der Waals surface area contributed by atoms with Gasteiger partial charge in [-0.25, -0.2) is 4.98 Å². The van der Waals surface area contributed by atoms with E-state index >= 15 is 0 Å². The summed E-state index contributed by atoms with van der Waals surface area (Å²) in [4.78, 5) is 4.42. The smallest absolute Gasteiger partial charge is 0.193 e. The van der Waals surface area contributed by atoms with Crippen LogP contribution in [0.25, 0.3) is 5.13 Å². The van der Waals surface area contributed by atoms with Crippen LogP contribution in [0.5, 0.6) is 0 Å². The minimum absolute atomic E-state index is 0.530. The summed E-state index contributed by atoms with van der Waals surface area (Å²) in [5, 5.41) is 10.1. The zero-order valence-corrected chi connectivity index (χ0v) is 14.6. The molecule has 3 heterocycles. The van der Waals surface area contributed by atoms with E-state index in [-0.39, 0.29) is 0 Å². The van der Waals surface area contributed by atoms with E-state index < -0.39 is 0 Å². The van der Waals surface area contributed by atoms with Crippen LogP contribution in [0.1, 0.15) is 50.1 Å². The van der Waals surface area contributed by atoms with Crippen LogP contribution in [0.15, 0.2) is 22.7 Å². The molecule has 2 aromatic heterocycles. The molecule has 0 spiro atoms. The van der Waals surface area contributed by atoms with Gasteiger partial charge in [-0.1, -0.05) is 0 Å². The summed E-state index contributed by atoms with van der Waals surface area (Å²) < 4.78 is 2.20. The van der Waals surface area contributed by atoms with Crippen LogP contribution < -0.4 is 0 Å². The van der Waals surface area contributed by atoms with Crippen molar-refractivity contribution in [2.75, 3.05) is 0 Å². The van der Waals surface area contributed by atoms with Gasteiger partial charge in [0.2, 0.25) is 0 Å². The summed E-state index contributed by atoms with van der Waals surface area (Å²) >= 11 is 1.66. The van der Waals surface area contributed by atoms with Crippen LogP contribution in [0, 0.1) is 13.8 Å². The quantitative estimate of drug-likeness (QED) is 0.797. The number of hydrazone groups is 1. The van der Waals surface area contributed by atoms with Crippen molar-refractivity contribution in [1.29, 1.82) is 0 Å². The maximum absolute atomic E-state index is 4.79. The molecule has 0 amide bonds. The number of thiazole rings is 1. The summed E-state index contributed by atoms with van der Waals surface area (Å²) in [5.74, 6) is 0. The molecule has 5 heteroatoms. The number of hydrogen-bond acceptors (Lipinski definition) is 4. The van der Waals surface area contributed by atoms with Gasteiger partial charge >= 0.3 is 0 Å². The lowest BCUT2D eigenvalue weighted by Gasteiger charge is -2.36. The molecule has 118 valence electrons. The monoisotopic (exact) mass is 316 g/mol. The zero-order chi connectivity index (χ0) is 15.7. The Morgan fingerprint density at radius 2 is 2.00 bits per heavy atom. The van der Waals surface area contributed by atoms with E-state index in [4.69, 9.17) is 5.10 Å². The van der Waals surface area contributed by atoms with Crippen molar-refractivity contribution in [3.05, 3.63) is 34.6 Å². The zero-order valence-electron chi connectivity index (χ0n) is 13.8. The van der Waals surface area contributed by atoms with E-state index in [9.17, 15) is 0 Å². The van der Waals surface area contributed by atoms with E-state index in [1.54, 1.807) is 11.3 Å². The van der Waals surface area contributed by atoms with Crippen molar-refractivity contribution in [3.63, 3.8) is 0 Å². The van der Waals surface area contributed by atoms with Gasteiger partial charge in [-0.2, -0.15) is 5.10 Å². The Bertz CT molecular complexity index is 647. The van der Waals surface area contributed by atoms with Crippen molar-refractivity contribution in [3.8, 4) is 5.13 Å². The highest BCUT2D eigenvalue weighted by molar-refractivity contribution is 7.12. The molecule has 0 aliphatic carbocycles. The molecule has 3 rings (SSSR count). The predicted octanol–water partition coefficient (Wildman–Crippen LogP) is 4.15.